The van der Waals surface area contributed by atoms with E-state index in [2.05, 4.69) is 5.32 Å². The molecule has 2 aliphatic rings. The van der Waals surface area contributed by atoms with Gasteiger partial charge in [0.15, 0.2) is 11.5 Å². The summed E-state index contributed by atoms with van der Waals surface area (Å²) < 4.78 is 16.1. The Balaban J connectivity index is 1.28. The first-order valence-electron chi connectivity index (χ1n) is 9.41. The van der Waals surface area contributed by atoms with E-state index in [1.165, 1.54) is 6.92 Å². The van der Waals surface area contributed by atoms with E-state index in [0.29, 0.717) is 29.4 Å². The highest BCUT2D eigenvalue weighted by Crippen LogP contribution is 2.35. The number of aliphatic hydroxyl groups is 1. The molecule has 2 aromatic rings. The second-order valence-electron chi connectivity index (χ2n) is 6.95. The Kier molecular flexibility index (Phi) is 5.26. The van der Waals surface area contributed by atoms with Crippen molar-refractivity contribution in [1.29, 1.82) is 0 Å². The summed E-state index contributed by atoms with van der Waals surface area (Å²) >= 11 is 0. The number of anilines is 1. The van der Waals surface area contributed by atoms with Crippen LogP contribution in [0.2, 0.25) is 0 Å². The van der Waals surface area contributed by atoms with Crippen molar-refractivity contribution in [3.05, 3.63) is 47.5 Å². The molecule has 0 spiro atoms. The van der Waals surface area contributed by atoms with Gasteiger partial charge in [0.25, 0.3) is 5.91 Å². The first kappa shape index (κ1) is 19.1. The molecule has 8 nitrogen and oxygen atoms in total. The van der Waals surface area contributed by atoms with Crippen LogP contribution in [-0.4, -0.2) is 49.5 Å². The molecule has 0 fully saturated rings. The van der Waals surface area contributed by atoms with Crippen molar-refractivity contribution < 1.29 is 28.9 Å². The Morgan fingerprint density at radius 2 is 2.03 bits per heavy atom. The molecular weight excluding hydrogens is 376 g/mol. The van der Waals surface area contributed by atoms with Gasteiger partial charge in [0.05, 0.1) is 0 Å². The van der Waals surface area contributed by atoms with Crippen LogP contribution in [0.3, 0.4) is 0 Å². The number of ether oxygens (including phenoxy) is 3. The van der Waals surface area contributed by atoms with Crippen molar-refractivity contribution in [2.24, 2.45) is 0 Å². The maximum absolute atomic E-state index is 12.4. The summed E-state index contributed by atoms with van der Waals surface area (Å²) in [5.41, 5.74) is 2.32. The minimum Gasteiger partial charge on any atom is -0.491 e. The number of carbonyl (C=O) groups is 2. The molecule has 0 aliphatic carbocycles. The molecule has 8 heteroatoms. The maximum atomic E-state index is 12.4. The van der Waals surface area contributed by atoms with Crippen molar-refractivity contribution in [3.63, 3.8) is 0 Å². The first-order chi connectivity index (χ1) is 14.0. The van der Waals surface area contributed by atoms with Gasteiger partial charge in [-0.05, 0) is 42.3 Å². The number of nitrogens with one attached hydrogen (secondary N) is 1. The Labute approximate surface area is 168 Å². The molecule has 2 N–H and O–H groups in total. The van der Waals surface area contributed by atoms with Crippen LogP contribution in [-0.2, 0) is 11.2 Å². The highest BCUT2D eigenvalue weighted by molar-refractivity contribution is 5.97. The third-order valence-corrected chi connectivity index (χ3v) is 4.90. The number of hydrogen-bond donors (Lipinski definition) is 2. The average molecular weight is 398 g/mol. The molecule has 1 unspecified atom stereocenters. The number of benzene rings is 2. The van der Waals surface area contributed by atoms with Crippen molar-refractivity contribution >= 4 is 17.5 Å². The molecule has 152 valence electrons. The van der Waals surface area contributed by atoms with E-state index < -0.39 is 6.10 Å². The van der Waals surface area contributed by atoms with E-state index in [0.717, 1.165) is 17.7 Å². The lowest BCUT2D eigenvalue weighted by Crippen LogP contribution is -2.35. The van der Waals surface area contributed by atoms with Crippen LogP contribution < -0.4 is 24.4 Å². The van der Waals surface area contributed by atoms with Gasteiger partial charge in [0.1, 0.15) is 18.5 Å². The molecule has 1 atom stereocenters. The quantitative estimate of drug-likeness (QED) is 0.765. The minimum atomic E-state index is -0.869. The molecule has 2 heterocycles. The van der Waals surface area contributed by atoms with Gasteiger partial charge in [-0.2, -0.15) is 0 Å². The van der Waals surface area contributed by atoms with Crippen LogP contribution in [0.5, 0.6) is 17.2 Å². The smallest absolute Gasteiger partial charge is 0.251 e. The number of rotatable bonds is 6. The first-order valence-corrected chi connectivity index (χ1v) is 9.41. The molecule has 0 saturated carbocycles. The van der Waals surface area contributed by atoms with Crippen molar-refractivity contribution in [1.82, 2.24) is 5.32 Å². The maximum Gasteiger partial charge on any atom is 0.251 e. The number of amides is 2. The predicted molar refractivity (Wildman–Crippen MR) is 105 cm³/mol. The highest BCUT2D eigenvalue weighted by Gasteiger charge is 2.23. The fourth-order valence-electron chi connectivity index (χ4n) is 3.40. The Bertz CT molecular complexity index is 945. The average Bonchev–Trinajstić information content (AvgIpc) is 3.36. The fourth-order valence-corrected chi connectivity index (χ4v) is 3.40. The van der Waals surface area contributed by atoms with Gasteiger partial charge in [0.2, 0.25) is 12.7 Å². The van der Waals surface area contributed by atoms with Crippen LogP contribution in [0.4, 0.5) is 5.69 Å². The molecule has 2 aliphatic heterocycles. The van der Waals surface area contributed by atoms with Gasteiger partial charge in [-0.25, -0.2) is 0 Å². The molecule has 4 rings (SSSR count). The summed E-state index contributed by atoms with van der Waals surface area (Å²) in [5, 5.41) is 12.8. The molecule has 0 radical (unpaired) electrons. The van der Waals surface area contributed by atoms with E-state index in [-0.39, 0.29) is 31.8 Å². The van der Waals surface area contributed by atoms with E-state index in [1.807, 2.05) is 0 Å². The van der Waals surface area contributed by atoms with E-state index >= 15 is 0 Å². The molecule has 29 heavy (non-hydrogen) atoms. The third-order valence-electron chi connectivity index (χ3n) is 4.90. The van der Waals surface area contributed by atoms with Gasteiger partial charge < -0.3 is 29.5 Å². The summed E-state index contributed by atoms with van der Waals surface area (Å²) in [7, 11) is 0. The van der Waals surface area contributed by atoms with Gasteiger partial charge >= 0.3 is 0 Å². The third kappa shape index (κ3) is 4.12. The van der Waals surface area contributed by atoms with Crippen LogP contribution >= 0.6 is 0 Å². The number of carbonyl (C=O) groups excluding carboxylic acids is 2. The van der Waals surface area contributed by atoms with Crippen LogP contribution in [0.15, 0.2) is 36.4 Å². The van der Waals surface area contributed by atoms with Crippen LogP contribution in [0, 0.1) is 0 Å². The molecule has 0 aromatic heterocycles. The van der Waals surface area contributed by atoms with Crippen molar-refractivity contribution in [2.45, 2.75) is 19.4 Å². The summed E-state index contributed by atoms with van der Waals surface area (Å²) in [5.74, 6) is 1.52. The summed E-state index contributed by atoms with van der Waals surface area (Å²) in [6.07, 6.45) is -0.144. The zero-order chi connectivity index (χ0) is 20.4. The van der Waals surface area contributed by atoms with E-state index in [4.69, 9.17) is 14.2 Å². The van der Waals surface area contributed by atoms with E-state index in [1.54, 1.807) is 41.3 Å². The molecule has 2 aromatic carbocycles. The van der Waals surface area contributed by atoms with Crippen LogP contribution in [0.1, 0.15) is 22.8 Å². The molecular formula is C21H22N2O6. The monoisotopic (exact) mass is 398 g/mol. The lowest BCUT2D eigenvalue weighted by molar-refractivity contribution is -0.116. The van der Waals surface area contributed by atoms with Gasteiger partial charge in [-0.1, -0.05) is 0 Å². The Morgan fingerprint density at radius 1 is 1.21 bits per heavy atom. The zero-order valence-electron chi connectivity index (χ0n) is 16.0. The fraction of sp³-hybridized carbons (Fsp3) is 0.333. The topological polar surface area (TPSA) is 97.3 Å². The molecule has 0 bridgehead atoms. The molecule has 2 amide bonds. The van der Waals surface area contributed by atoms with E-state index in [9.17, 15) is 14.7 Å². The summed E-state index contributed by atoms with van der Waals surface area (Å²) in [6.45, 7) is 2.43. The largest absolute Gasteiger partial charge is 0.491 e. The lowest BCUT2D eigenvalue weighted by Gasteiger charge is -2.15. The second kappa shape index (κ2) is 8.00. The Hall–Kier alpha value is -3.26. The standard InChI is InChI=1S/C21H22N2O6/c1-13(24)23-7-6-14-8-15(2-4-18(14)23)21(26)22-10-16(25)11-27-17-3-5-19-20(9-17)29-12-28-19/h2-5,8-9,16,25H,6-7,10-12H2,1H3,(H,22,26). The van der Waals surface area contributed by atoms with Crippen molar-refractivity contribution in [3.8, 4) is 17.2 Å². The number of fused-ring (bicyclic) bond motifs is 2. The normalized spacial score (nSPS) is 15.0. The highest BCUT2D eigenvalue weighted by atomic mass is 16.7. The zero-order valence-corrected chi connectivity index (χ0v) is 16.0. The number of aliphatic hydroxyl groups excluding tert-OH is 1. The summed E-state index contributed by atoms with van der Waals surface area (Å²) in [4.78, 5) is 25.7. The Morgan fingerprint density at radius 3 is 2.86 bits per heavy atom. The molecule has 0 saturated heterocycles. The van der Waals surface area contributed by atoms with Gasteiger partial charge in [-0.3, -0.25) is 9.59 Å². The summed E-state index contributed by atoms with van der Waals surface area (Å²) in [6, 6.07) is 10.4. The number of nitrogens with zero attached hydrogens (tertiary/aromatic N) is 1. The number of hydrogen-bond acceptors (Lipinski definition) is 6. The van der Waals surface area contributed by atoms with Gasteiger partial charge in [0, 0.05) is 37.3 Å². The minimum absolute atomic E-state index is 0.00784. The SMILES string of the molecule is CC(=O)N1CCc2cc(C(=O)NCC(O)COc3ccc4c(c3)OCO4)ccc21. The van der Waals surface area contributed by atoms with Crippen molar-refractivity contribution in [2.75, 3.05) is 31.4 Å². The van der Waals surface area contributed by atoms with Gasteiger partial charge in [-0.15, -0.1) is 0 Å². The second-order valence-corrected chi connectivity index (χ2v) is 6.95. The van der Waals surface area contributed by atoms with Crippen LogP contribution in [0.25, 0.3) is 0 Å². The lowest BCUT2D eigenvalue weighted by atomic mass is 10.1. The predicted octanol–water partition coefficient (Wildman–Crippen LogP) is 1.49.